The Morgan fingerprint density at radius 1 is 1.14 bits per heavy atom. The minimum Gasteiger partial charge on any atom is -0.491 e. The molecule has 2 rings (SSSR count). The van der Waals surface area contributed by atoms with E-state index in [0.29, 0.717) is 19.0 Å². The molecule has 0 spiro atoms. The number of nitrogens with one attached hydrogen (secondary N) is 1. The van der Waals surface area contributed by atoms with Crippen LogP contribution in [-0.2, 0) is 21.3 Å². The molecule has 7 heteroatoms. The van der Waals surface area contributed by atoms with E-state index in [0.717, 1.165) is 5.56 Å². The maximum Gasteiger partial charge on any atom is 0.240 e. The Labute approximate surface area is 130 Å². The van der Waals surface area contributed by atoms with Crippen LogP contribution >= 0.6 is 0 Å². The van der Waals surface area contributed by atoms with Crippen LogP contribution in [0.15, 0.2) is 53.7 Å². The van der Waals surface area contributed by atoms with E-state index < -0.39 is 10.0 Å². The molecule has 0 fully saturated rings. The van der Waals surface area contributed by atoms with E-state index >= 15 is 0 Å². The average Bonchev–Trinajstić information content (AvgIpc) is 2.55. The third-order valence-electron chi connectivity index (χ3n) is 2.88. The highest BCUT2D eigenvalue weighted by Crippen LogP contribution is 2.16. The van der Waals surface area contributed by atoms with Crippen LogP contribution in [0.5, 0.6) is 5.75 Å². The van der Waals surface area contributed by atoms with E-state index in [9.17, 15) is 8.42 Å². The van der Waals surface area contributed by atoms with Crippen molar-refractivity contribution in [2.24, 2.45) is 0 Å². The summed E-state index contributed by atoms with van der Waals surface area (Å²) in [6, 6.07) is 9.82. The Hall–Kier alpha value is -1.96. The van der Waals surface area contributed by atoms with Gasteiger partial charge < -0.3 is 9.47 Å². The second-order valence-corrected chi connectivity index (χ2v) is 6.27. The van der Waals surface area contributed by atoms with Crippen molar-refractivity contribution < 1.29 is 17.9 Å². The zero-order valence-corrected chi connectivity index (χ0v) is 13.0. The molecule has 118 valence electrons. The highest BCUT2D eigenvalue weighted by molar-refractivity contribution is 7.89. The van der Waals surface area contributed by atoms with Gasteiger partial charge in [-0.2, -0.15) is 0 Å². The van der Waals surface area contributed by atoms with E-state index in [2.05, 4.69) is 9.71 Å². The topological polar surface area (TPSA) is 77.5 Å². The minimum atomic E-state index is -3.56. The molecule has 0 aliphatic carbocycles. The van der Waals surface area contributed by atoms with Crippen molar-refractivity contribution in [1.29, 1.82) is 0 Å². The molecule has 0 unspecified atom stereocenters. The normalized spacial score (nSPS) is 11.3. The summed E-state index contributed by atoms with van der Waals surface area (Å²) in [5.74, 6) is 0.600. The summed E-state index contributed by atoms with van der Waals surface area (Å²) < 4.78 is 37.2. The monoisotopic (exact) mass is 322 g/mol. The zero-order chi connectivity index (χ0) is 15.8. The molecule has 0 radical (unpaired) electrons. The number of pyridine rings is 1. The maximum absolute atomic E-state index is 12.2. The molecule has 1 heterocycles. The fraction of sp³-hybridized carbons (Fsp3) is 0.267. The lowest BCUT2D eigenvalue weighted by atomic mass is 10.3. The third-order valence-corrected chi connectivity index (χ3v) is 4.30. The molecule has 1 aromatic carbocycles. The summed E-state index contributed by atoms with van der Waals surface area (Å²) >= 11 is 0. The first-order valence-electron chi connectivity index (χ1n) is 6.72. The number of hydrogen-bond donors (Lipinski definition) is 1. The first kappa shape index (κ1) is 16.4. The molecule has 22 heavy (non-hydrogen) atoms. The number of sulfonamides is 1. The highest BCUT2D eigenvalue weighted by Gasteiger charge is 2.13. The van der Waals surface area contributed by atoms with E-state index in [-0.39, 0.29) is 11.4 Å². The van der Waals surface area contributed by atoms with Crippen molar-refractivity contribution in [2.45, 2.75) is 11.4 Å². The van der Waals surface area contributed by atoms with Gasteiger partial charge in [0, 0.05) is 26.0 Å². The second kappa shape index (κ2) is 7.88. The summed E-state index contributed by atoms with van der Waals surface area (Å²) in [5.41, 5.74) is 0.797. The standard InChI is InChI=1S/C15H18N2O4S/c1-20-9-10-21-14-4-6-15(7-5-14)22(18,19)17-12-13-3-2-8-16-11-13/h2-8,11,17H,9-10,12H2,1H3. The Balaban J connectivity index is 1.97. The van der Waals surface area contributed by atoms with Crippen LogP contribution in [0.3, 0.4) is 0 Å². The Kier molecular flexibility index (Phi) is 5.88. The maximum atomic E-state index is 12.2. The summed E-state index contributed by atoms with van der Waals surface area (Å²) in [5, 5.41) is 0. The lowest BCUT2D eigenvalue weighted by Gasteiger charge is -2.08. The van der Waals surface area contributed by atoms with Gasteiger partial charge >= 0.3 is 0 Å². The fourth-order valence-corrected chi connectivity index (χ4v) is 2.74. The number of benzene rings is 1. The number of nitrogens with zero attached hydrogens (tertiary/aromatic N) is 1. The predicted octanol–water partition coefficient (Wildman–Crippen LogP) is 1.59. The summed E-state index contributed by atoms with van der Waals surface area (Å²) in [6.45, 7) is 1.09. The molecule has 0 aliphatic heterocycles. The quantitative estimate of drug-likeness (QED) is 0.747. The Morgan fingerprint density at radius 3 is 2.55 bits per heavy atom. The van der Waals surface area contributed by atoms with Crippen LogP contribution in [0.2, 0.25) is 0 Å². The van der Waals surface area contributed by atoms with Crippen molar-refractivity contribution in [3.63, 3.8) is 0 Å². The number of ether oxygens (including phenoxy) is 2. The predicted molar refractivity (Wildman–Crippen MR) is 82.1 cm³/mol. The van der Waals surface area contributed by atoms with E-state index in [1.165, 1.54) is 12.1 Å². The van der Waals surface area contributed by atoms with Crippen LogP contribution in [0.1, 0.15) is 5.56 Å². The van der Waals surface area contributed by atoms with Gasteiger partial charge in [0.1, 0.15) is 12.4 Å². The number of rotatable bonds is 8. The first-order valence-corrected chi connectivity index (χ1v) is 8.20. The minimum absolute atomic E-state index is 0.190. The number of hydrogen-bond acceptors (Lipinski definition) is 5. The molecule has 0 aliphatic rings. The van der Waals surface area contributed by atoms with Gasteiger partial charge in [-0.1, -0.05) is 6.07 Å². The van der Waals surface area contributed by atoms with Crippen molar-refractivity contribution in [1.82, 2.24) is 9.71 Å². The molecule has 0 amide bonds. The summed E-state index contributed by atoms with van der Waals surface area (Å²) in [4.78, 5) is 4.13. The van der Waals surface area contributed by atoms with Crippen molar-refractivity contribution >= 4 is 10.0 Å². The zero-order valence-electron chi connectivity index (χ0n) is 12.2. The van der Waals surface area contributed by atoms with Crippen LogP contribution < -0.4 is 9.46 Å². The molecule has 0 saturated carbocycles. The molecular formula is C15H18N2O4S. The van der Waals surface area contributed by atoms with Crippen molar-refractivity contribution in [3.8, 4) is 5.75 Å². The molecule has 1 N–H and O–H groups in total. The second-order valence-electron chi connectivity index (χ2n) is 4.50. The third kappa shape index (κ3) is 4.80. The largest absolute Gasteiger partial charge is 0.491 e. The molecule has 0 atom stereocenters. The molecule has 1 aromatic heterocycles. The van der Waals surface area contributed by atoms with Gasteiger partial charge in [0.2, 0.25) is 10.0 Å². The smallest absolute Gasteiger partial charge is 0.240 e. The van der Waals surface area contributed by atoms with Gasteiger partial charge in [-0.25, -0.2) is 13.1 Å². The van der Waals surface area contributed by atoms with Gasteiger partial charge in [-0.3, -0.25) is 4.98 Å². The fourth-order valence-electron chi connectivity index (χ4n) is 1.72. The van der Waals surface area contributed by atoms with Crippen LogP contribution in [-0.4, -0.2) is 33.7 Å². The molecule has 0 bridgehead atoms. The van der Waals surface area contributed by atoms with Crippen LogP contribution in [0.4, 0.5) is 0 Å². The first-order chi connectivity index (χ1) is 10.6. The Morgan fingerprint density at radius 2 is 1.91 bits per heavy atom. The van der Waals surface area contributed by atoms with E-state index in [1.54, 1.807) is 37.7 Å². The van der Waals surface area contributed by atoms with Gasteiger partial charge in [0.05, 0.1) is 11.5 Å². The molecule has 6 nitrogen and oxygen atoms in total. The lowest BCUT2D eigenvalue weighted by Crippen LogP contribution is -2.23. The van der Waals surface area contributed by atoms with Gasteiger partial charge in [-0.05, 0) is 35.9 Å². The number of aromatic nitrogens is 1. The number of methoxy groups -OCH3 is 1. The average molecular weight is 322 g/mol. The summed E-state index contributed by atoms with van der Waals surface area (Å²) in [7, 11) is -1.97. The van der Waals surface area contributed by atoms with E-state index in [1.807, 2.05) is 6.07 Å². The van der Waals surface area contributed by atoms with Crippen molar-refractivity contribution in [2.75, 3.05) is 20.3 Å². The van der Waals surface area contributed by atoms with E-state index in [4.69, 9.17) is 9.47 Å². The highest BCUT2D eigenvalue weighted by atomic mass is 32.2. The Bertz CT molecular complexity index is 672. The summed E-state index contributed by atoms with van der Waals surface area (Å²) in [6.07, 6.45) is 3.26. The molecular weight excluding hydrogens is 304 g/mol. The lowest BCUT2D eigenvalue weighted by molar-refractivity contribution is 0.146. The van der Waals surface area contributed by atoms with Gasteiger partial charge in [-0.15, -0.1) is 0 Å². The van der Waals surface area contributed by atoms with Crippen molar-refractivity contribution in [3.05, 3.63) is 54.4 Å². The van der Waals surface area contributed by atoms with Crippen LogP contribution in [0, 0.1) is 0 Å². The SMILES string of the molecule is COCCOc1ccc(S(=O)(=O)NCc2cccnc2)cc1. The van der Waals surface area contributed by atoms with Crippen LogP contribution in [0.25, 0.3) is 0 Å². The molecule has 0 saturated heterocycles. The van der Waals surface area contributed by atoms with Gasteiger partial charge in [0.25, 0.3) is 0 Å². The molecule has 2 aromatic rings. The van der Waals surface area contributed by atoms with Gasteiger partial charge in [0.15, 0.2) is 0 Å².